The average molecular weight is 595 g/mol. The lowest BCUT2D eigenvalue weighted by molar-refractivity contribution is -0.199. The highest BCUT2D eigenvalue weighted by molar-refractivity contribution is 5.94. The van der Waals surface area contributed by atoms with Gasteiger partial charge < -0.3 is 19.5 Å². The van der Waals surface area contributed by atoms with Gasteiger partial charge in [0.05, 0.1) is 22.6 Å². The summed E-state index contributed by atoms with van der Waals surface area (Å²) >= 11 is 0. The molecule has 2 aromatic carbocycles. The van der Waals surface area contributed by atoms with E-state index in [9.17, 15) is 27.9 Å². The van der Waals surface area contributed by atoms with Crippen LogP contribution in [0.5, 0.6) is 11.5 Å². The van der Waals surface area contributed by atoms with Gasteiger partial charge in [0.2, 0.25) is 0 Å². The van der Waals surface area contributed by atoms with Crippen molar-refractivity contribution < 1.29 is 37.3 Å². The molecular weight excluding hydrogens is 561 g/mol. The Labute approximate surface area is 247 Å². The summed E-state index contributed by atoms with van der Waals surface area (Å²) in [6.45, 7) is 3.08. The zero-order chi connectivity index (χ0) is 30.3. The number of rotatable bonds is 4. The minimum absolute atomic E-state index is 0.0904. The summed E-state index contributed by atoms with van der Waals surface area (Å²) in [7, 11) is 1.65. The number of hydrogen-bond donors (Lipinski definition) is 1. The van der Waals surface area contributed by atoms with E-state index in [0.717, 1.165) is 36.3 Å². The molecule has 0 aromatic heterocycles. The van der Waals surface area contributed by atoms with Crippen LogP contribution in [0, 0.1) is 17.8 Å². The number of carbonyl (C=O) groups is 2. The van der Waals surface area contributed by atoms with Crippen molar-refractivity contribution in [1.29, 1.82) is 0 Å². The Morgan fingerprint density at radius 1 is 1.14 bits per heavy atom. The van der Waals surface area contributed by atoms with Crippen molar-refractivity contribution in [3.8, 4) is 23.3 Å². The van der Waals surface area contributed by atoms with Gasteiger partial charge in [-0.2, -0.15) is 13.2 Å². The molecule has 2 aromatic rings. The first kappa shape index (κ1) is 28.2. The number of esters is 1. The van der Waals surface area contributed by atoms with Crippen LogP contribution < -0.4 is 9.47 Å². The minimum Gasteiger partial charge on any atom is -0.483 e. The van der Waals surface area contributed by atoms with Crippen molar-refractivity contribution in [1.82, 2.24) is 9.80 Å². The number of benzene rings is 2. The van der Waals surface area contributed by atoms with Crippen molar-refractivity contribution in [2.24, 2.45) is 5.92 Å². The maximum atomic E-state index is 13.4. The molecule has 2 aliphatic heterocycles. The topological polar surface area (TPSA) is 79.3 Å². The van der Waals surface area contributed by atoms with E-state index in [1.165, 1.54) is 36.8 Å². The van der Waals surface area contributed by atoms with Crippen molar-refractivity contribution >= 4 is 11.9 Å². The largest absolute Gasteiger partial charge is 0.483 e. The molecule has 7 nitrogen and oxygen atoms in total. The highest BCUT2D eigenvalue weighted by atomic mass is 19.4. The molecule has 43 heavy (non-hydrogen) atoms. The maximum absolute atomic E-state index is 13.4. The molecule has 2 heterocycles. The fourth-order valence-electron chi connectivity index (χ4n) is 8.18. The van der Waals surface area contributed by atoms with Crippen LogP contribution in [0.4, 0.5) is 13.2 Å². The van der Waals surface area contributed by atoms with Crippen LogP contribution in [0.2, 0.25) is 0 Å². The number of aliphatic hydroxyl groups is 1. The van der Waals surface area contributed by atoms with Crippen molar-refractivity contribution in [2.75, 3.05) is 20.1 Å². The minimum atomic E-state index is -4.45. The molecule has 1 saturated heterocycles. The monoisotopic (exact) mass is 594 g/mol. The number of halogens is 3. The van der Waals surface area contributed by atoms with Crippen LogP contribution in [0.3, 0.4) is 0 Å². The van der Waals surface area contributed by atoms with Gasteiger partial charge in [0, 0.05) is 43.6 Å². The number of nitrogens with zero attached hydrogens (tertiary/aromatic N) is 2. The second-order valence-corrected chi connectivity index (χ2v) is 12.7. The predicted molar refractivity (Wildman–Crippen MR) is 149 cm³/mol. The number of piperidine rings is 1. The fourth-order valence-corrected chi connectivity index (χ4v) is 8.18. The first-order chi connectivity index (χ1) is 20.4. The number of amides is 1. The molecule has 3 aliphatic carbocycles. The van der Waals surface area contributed by atoms with E-state index < -0.39 is 46.8 Å². The molecule has 1 N–H and O–H groups in total. The maximum Gasteiger partial charge on any atom is 0.416 e. The van der Waals surface area contributed by atoms with Crippen LogP contribution >= 0.6 is 0 Å². The van der Waals surface area contributed by atoms with E-state index in [1.807, 2.05) is 6.07 Å². The molecule has 226 valence electrons. The van der Waals surface area contributed by atoms with E-state index >= 15 is 0 Å². The molecule has 3 fully saturated rings. The van der Waals surface area contributed by atoms with E-state index in [1.54, 1.807) is 13.1 Å². The predicted octanol–water partition coefficient (Wildman–Crippen LogP) is 4.07. The number of carbonyl (C=O) groups excluding carboxylic acids is 2. The average Bonchev–Trinajstić information content (AvgIpc) is 3.70. The molecule has 5 atom stereocenters. The smallest absolute Gasteiger partial charge is 0.416 e. The molecule has 2 bridgehead atoms. The number of ether oxygens (including phenoxy) is 2. The third-order valence-corrected chi connectivity index (χ3v) is 10.3. The molecule has 1 spiro atoms. The lowest BCUT2D eigenvalue weighted by atomic mass is 9.48. The summed E-state index contributed by atoms with van der Waals surface area (Å²) in [6, 6.07) is 7.58. The Morgan fingerprint density at radius 2 is 1.88 bits per heavy atom. The molecule has 0 unspecified atom stereocenters. The van der Waals surface area contributed by atoms with Crippen LogP contribution in [0.25, 0.3) is 0 Å². The molecule has 7 rings (SSSR count). The Morgan fingerprint density at radius 3 is 2.56 bits per heavy atom. The summed E-state index contributed by atoms with van der Waals surface area (Å²) < 4.78 is 51.1. The van der Waals surface area contributed by atoms with Crippen molar-refractivity contribution in [3.05, 3.63) is 58.7 Å². The Hall–Kier alpha value is -3.55. The van der Waals surface area contributed by atoms with Gasteiger partial charge in [0.15, 0.2) is 11.5 Å². The molecule has 10 heteroatoms. The third-order valence-electron chi connectivity index (χ3n) is 10.3. The van der Waals surface area contributed by atoms with Gasteiger partial charge in [0.25, 0.3) is 5.91 Å². The van der Waals surface area contributed by atoms with Crippen LogP contribution in [-0.4, -0.2) is 70.7 Å². The molecular formula is C33H33F3N2O5. The highest BCUT2D eigenvalue weighted by Crippen LogP contribution is 2.66. The number of hydrogen-bond acceptors (Lipinski definition) is 6. The van der Waals surface area contributed by atoms with Crippen molar-refractivity contribution in [2.45, 2.75) is 80.8 Å². The first-order valence-electron chi connectivity index (χ1n) is 14.9. The van der Waals surface area contributed by atoms with Gasteiger partial charge >= 0.3 is 12.1 Å². The second-order valence-electron chi connectivity index (χ2n) is 12.7. The second kappa shape index (κ2) is 9.73. The molecule has 0 radical (unpaired) electrons. The lowest BCUT2D eigenvalue weighted by Gasteiger charge is -2.64. The number of likely N-dealkylation sites (tertiary alicyclic amines) is 1. The van der Waals surface area contributed by atoms with Crippen LogP contribution in [-0.2, 0) is 27.6 Å². The van der Waals surface area contributed by atoms with Gasteiger partial charge in [-0.3, -0.25) is 14.5 Å². The summed E-state index contributed by atoms with van der Waals surface area (Å²) in [5, 5.41) is 12.7. The Kier molecular flexibility index (Phi) is 6.39. The standard InChI is InChI=1S/C33H33F3N2O5/c1-19(39)42-25-11-8-22-17-26-32(41)14-13-24(37(2)27(40)12-7-20-5-9-23(10-6-20)33(34,35)36)30-31(32,28(22)29(25)43-30)15-16-38(26)18-21-3-4-21/h5-6,8-11,21,24,26,30,41H,3-4,13-18H2,1-2H3/t24-,26+,30-,31-,32+/m0/s1. The quantitative estimate of drug-likeness (QED) is 0.327. The lowest BCUT2D eigenvalue weighted by Crippen LogP contribution is -2.78. The van der Waals surface area contributed by atoms with E-state index in [4.69, 9.17) is 9.47 Å². The fraction of sp³-hybridized carbons (Fsp3) is 0.515. The normalized spacial score (nSPS) is 30.4. The zero-order valence-electron chi connectivity index (χ0n) is 24.0. The number of alkyl halides is 3. The zero-order valence-corrected chi connectivity index (χ0v) is 24.0. The SMILES string of the molecule is CC(=O)Oc1ccc2c3c1O[C@H]1[C@@H](N(C)C(=O)C#Cc4ccc(C(F)(F)F)cc4)CC[C@@]4(O)[C@@H](C2)N(CC2CC2)CC[C@]314. The van der Waals surface area contributed by atoms with Gasteiger partial charge in [-0.1, -0.05) is 12.0 Å². The van der Waals surface area contributed by atoms with E-state index in [-0.39, 0.29) is 6.04 Å². The Balaban J connectivity index is 1.23. The summed E-state index contributed by atoms with van der Waals surface area (Å²) in [6.07, 6.45) is -0.370. The van der Waals surface area contributed by atoms with Gasteiger partial charge in [0.1, 0.15) is 6.10 Å². The van der Waals surface area contributed by atoms with Gasteiger partial charge in [-0.25, -0.2) is 0 Å². The number of likely N-dealkylation sites (N-methyl/N-ethyl adjacent to an activating group) is 1. The van der Waals surface area contributed by atoms with E-state index in [0.29, 0.717) is 48.7 Å². The van der Waals surface area contributed by atoms with Crippen molar-refractivity contribution in [3.63, 3.8) is 0 Å². The summed E-state index contributed by atoms with van der Waals surface area (Å²) in [5.74, 6) is 5.76. The molecule has 1 amide bonds. The van der Waals surface area contributed by atoms with Crippen LogP contribution in [0.1, 0.15) is 61.3 Å². The molecule has 2 saturated carbocycles. The van der Waals surface area contributed by atoms with E-state index in [2.05, 4.69) is 16.7 Å². The highest BCUT2D eigenvalue weighted by Gasteiger charge is 2.73. The third kappa shape index (κ3) is 4.34. The Bertz CT molecular complexity index is 1560. The summed E-state index contributed by atoms with van der Waals surface area (Å²) in [5.41, 5.74) is -0.415. The first-order valence-corrected chi connectivity index (χ1v) is 14.9. The van der Waals surface area contributed by atoms with Crippen LogP contribution in [0.15, 0.2) is 36.4 Å². The summed E-state index contributed by atoms with van der Waals surface area (Å²) in [4.78, 5) is 29.3. The molecule has 5 aliphatic rings. The van der Waals surface area contributed by atoms with Gasteiger partial charge in [-0.15, -0.1) is 0 Å². The van der Waals surface area contributed by atoms with Gasteiger partial charge in [-0.05, 0) is 86.9 Å².